The molecule has 0 heterocycles. The normalized spacial score (nSPS) is 12.9. The minimum Gasteiger partial charge on any atom is -0.295 e. The maximum absolute atomic E-state index is 11.4. The first-order chi connectivity index (χ1) is 3.72. The summed E-state index contributed by atoms with van der Waals surface area (Å²) in [5.41, 5.74) is 0. The SMILES string of the molecule is O=C/C(F)=C(\F)CF. The summed E-state index contributed by atoms with van der Waals surface area (Å²) in [6.07, 6.45) is -0.380. The molecule has 0 bridgehead atoms. The van der Waals surface area contributed by atoms with E-state index in [4.69, 9.17) is 0 Å². The summed E-state index contributed by atoms with van der Waals surface area (Å²) in [6.45, 7) is -1.56. The van der Waals surface area contributed by atoms with Crippen molar-refractivity contribution in [2.45, 2.75) is 0 Å². The molecule has 0 aliphatic carbocycles. The van der Waals surface area contributed by atoms with Crippen molar-refractivity contribution >= 4 is 6.29 Å². The molecule has 0 aromatic rings. The Labute approximate surface area is 43.8 Å². The van der Waals surface area contributed by atoms with Crippen molar-refractivity contribution in [2.24, 2.45) is 0 Å². The van der Waals surface area contributed by atoms with Gasteiger partial charge in [-0.1, -0.05) is 0 Å². The van der Waals surface area contributed by atoms with Crippen LogP contribution in [0.5, 0.6) is 0 Å². The molecule has 46 valence electrons. The molecule has 4 heteroatoms. The van der Waals surface area contributed by atoms with E-state index < -0.39 is 18.3 Å². The van der Waals surface area contributed by atoms with Gasteiger partial charge in [0, 0.05) is 0 Å². The van der Waals surface area contributed by atoms with Crippen molar-refractivity contribution in [3.8, 4) is 0 Å². The average Bonchev–Trinajstić information content (AvgIpc) is 1.84. The molecule has 0 atom stereocenters. The van der Waals surface area contributed by atoms with Gasteiger partial charge in [-0.15, -0.1) is 0 Å². The fourth-order valence-electron chi connectivity index (χ4n) is 0.128. The molecule has 0 N–H and O–H groups in total. The molecular formula is C4H3F3O. The van der Waals surface area contributed by atoms with Crippen LogP contribution in [0.4, 0.5) is 13.2 Å². The number of hydrogen-bond acceptors (Lipinski definition) is 1. The van der Waals surface area contributed by atoms with Gasteiger partial charge in [-0.2, -0.15) is 0 Å². The van der Waals surface area contributed by atoms with E-state index in [1.807, 2.05) is 0 Å². The lowest BCUT2D eigenvalue weighted by atomic mass is 10.5. The zero-order chi connectivity index (χ0) is 6.57. The largest absolute Gasteiger partial charge is 0.295 e. The fourth-order valence-corrected chi connectivity index (χ4v) is 0.128. The summed E-state index contributed by atoms with van der Waals surface area (Å²) in [6, 6.07) is 0. The molecule has 0 radical (unpaired) electrons. The standard InChI is InChI=1S/C4H3F3O/c5-1-3(6)4(7)2-8/h2H,1H2/b4-3+. The van der Waals surface area contributed by atoms with Crippen molar-refractivity contribution in [1.29, 1.82) is 0 Å². The van der Waals surface area contributed by atoms with Crippen LogP contribution in [0, 0.1) is 0 Å². The highest BCUT2D eigenvalue weighted by Crippen LogP contribution is 2.04. The Hall–Kier alpha value is -0.800. The van der Waals surface area contributed by atoms with Crippen LogP contribution in [-0.4, -0.2) is 13.0 Å². The van der Waals surface area contributed by atoms with Crippen LogP contribution in [0.15, 0.2) is 11.7 Å². The maximum Gasteiger partial charge on any atom is 0.196 e. The Kier molecular flexibility index (Phi) is 2.91. The minimum absolute atomic E-state index is 0.380. The first-order valence-corrected chi connectivity index (χ1v) is 1.77. The molecule has 0 amide bonds. The number of aldehydes is 1. The Balaban J connectivity index is 4.03. The van der Waals surface area contributed by atoms with Crippen molar-refractivity contribution in [3.05, 3.63) is 11.7 Å². The van der Waals surface area contributed by atoms with Gasteiger partial charge in [0.1, 0.15) is 6.67 Å². The van der Waals surface area contributed by atoms with Crippen LogP contribution in [0.1, 0.15) is 0 Å². The molecular weight excluding hydrogens is 121 g/mol. The molecule has 0 aromatic heterocycles. The first-order valence-electron chi connectivity index (χ1n) is 1.77. The number of allylic oxidation sites excluding steroid dienone is 2. The van der Waals surface area contributed by atoms with Gasteiger partial charge in [0.15, 0.2) is 17.9 Å². The Morgan fingerprint density at radius 3 is 2.12 bits per heavy atom. The van der Waals surface area contributed by atoms with Crippen LogP contribution >= 0.6 is 0 Å². The van der Waals surface area contributed by atoms with E-state index >= 15 is 0 Å². The summed E-state index contributed by atoms with van der Waals surface area (Å²) < 4.78 is 33.8. The van der Waals surface area contributed by atoms with Crippen LogP contribution in [0.2, 0.25) is 0 Å². The Morgan fingerprint density at radius 2 is 2.00 bits per heavy atom. The van der Waals surface area contributed by atoms with Gasteiger partial charge in [0.05, 0.1) is 0 Å². The van der Waals surface area contributed by atoms with Crippen molar-refractivity contribution in [2.75, 3.05) is 6.67 Å². The quantitative estimate of drug-likeness (QED) is 0.400. The zero-order valence-electron chi connectivity index (χ0n) is 3.83. The lowest BCUT2D eigenvalue weighted by molar-refractivity contribution is -0.106. The molecule has 1 nitrogen and oxygen atoms in total. The smallest absolute Gasteiger partial charge is 0.196 e. The predicted octanol–water partition coefficient (Wildman–Crippen LogP) is 1.31. The van der Waals surface area contributed by atoms with Crippen LogP contribution < -0.4 is 0 Å². The third-order valence-corrected chi connectivity index (χ3v) is 0.480. The zero-order valence-corrected chi connectivity index (χ0v) is 3.83. The van der Waals surface area contributed by atoms with E-state index in [9.17, 15) is 18.0 Å². The highest BCUT2D eigenvalue weighted by Gasteiger charge is 2.01. The Bertz CT molecular complexity index is 118. The second kappa shape index (κ2) is 3.23. The van der Waals surface area contributed by atoms with Crippen molar-refractivity contribution in [3.63, 3.8) is 0 Å². The third-order valence-electron chi connectivity index (χ3n) is 0.480. The van der Waals surface area contributed by atoms with E-state index in [1.165, 1.54) is 0 Å². The number of hydrogen-bond donors (Lipinski definition) is 0. The van der Waals surface area contributed by atoms with Crippen molar-refractivity contribution < 1.29 is 18.0 Å². The number of halogens is 3. The van der Waals surface area contributed by atoms with Gasteiger partial charge in [-0.3, -0.25) is 4.79 Å². The second-order valence-electron chi connectivity index (χ2n) is 1.00. The monoisotopic (exact) mass is 124 g/mol. The van der Waals surface area contributed by atoms with E-state index in [1.54, 1.807) is 0 Å². The van der Waals surface area contributed by atoms with Crippen LogP contribution in [0.25, 0.3) is 0 Å². The first kappa shape index (κ1) is 7.20. The van der Waals surface area contributed by atoms with E-state index in [-0.39, 0.29) is 6.29 Å². The second-order valence-corrected chi connectivity index (χ2v) is 1.00. The van der Waals surface area contributed by atoms with Crippen molar-refractivity contribution in [1.82, 2.24) is 0 Å². The van der Waals surface area contributed by atoms with Crippen LogP contribution in [-0.2, 0) is 4.79 Å². The molecule has 0 aliphatic heterocycles. The van der Waals surface area contributed by atoms with Gasteiger partial charge >= 0.3 is 0 Å². The van der Waals surface area contributed by atoms with Gasteiger partial charge in [0.2, 0.25) is 0 Å². The summed E-state index contributed by atoms with van der Waals surface area (Å²) in [5, 5.41) is 0. The van der Waals surface area contributed by atoms with Gasteiger partial charge < -0.3 is 0 Å². The number of rotatable bonds is 2. The molecule has 0 fully saturated rings. The summed E-state index contributed by atoms with van der Waals surface area (Å²) in [5.74, 6) is -3.33. The summed E-state index contributed by atoms with van der Waals surface area (Å²) >= 11 is 0. The van der Waals surface area contributed by atoms with E-state index in [0.29, 0.717) is 0 Å². The fraction of sp³-hybridized carbons (Fsp3) is 0.250. The topological polar surface area (TPSA) is 17.1 Å². The van der Waals surface area contributed by atoms with E-state index in [2.05, 4.69) is 0 Å². The Morgan fingerprint density at radius 1 is 1.50 bits per heavy atom. The van der Waals surface area contributed by atoms with E-state index in [0.717, 1.165) is 0 Å². The molecule has 0 aliphatic rings. The molecule has 0 rings (SSSR count). The number of carbonyl (C=O) groups is 1. The highest BCUT2D eigenvalue weighted by molar-refractivity contribution is 5.70. The average molecular weight is 124 g/mol. The van der Waals surface area contributed by atoms with Gasteiger partial charge in [0.25, 0.3) is 0 Å². The molecule has 0 spiro atoms. The van der Waals surface area contributed by atoms with Crippen LogP contribution in [0.3, 0.4) is 0 Å². The minimum atomic E-state index is -1.67. The number of alkyl halides is 1. The maximum atomic E-state index is 11.4. The van der Waals surface area contributed by atoms with Gasteiger partial charge in [-0.05, 0) is 0 Å². The lowest BCUT2D eigenvalue weighted by Crippen LogP contribution is -1.82. The van der Waals surface area contributed by atoms with Gasteiger partial charge in [-0.25, -0.2) is 13.2 Å². The molecule has 0 saturated heterocycles. The molecule has 0 aromatic carbocycles. The third kappa shape index (κ3) is 1.77. The molecule has 0 saturated carbocycles. The molecule has 8 heavy (non-hydrogen) atoms. The molecule has 0 unspecified atom stereocenters. The lowest BCUT2D eigenvalue weighted by Gasteiger charge is -1.82. The summed E-state index contributed by atoms with van der Waals surface area (Å²) in [7, 11) is 0. The summed E-state index contributed by atoms with van der Waals surface area (Å²) in [4.78, 5) is 9.27. The highest BCUT2D eigenvalue weighted by atomic mass is 19.2. The predicted molar refractivity (Wildman–Crippen MR) is 21.3 cm³/mol. The number of carbonyl (C=O) groups excluding carboxylic acids is 1.